The molecule has 1 aliphatic rings. The second-order valence-electron chi connectivity index (χ2n) is 9.88. The number of hydrogen-bond acceptors (Lipinski definition) is 7. The van der Waals surface area contributed by atoms with Gasteiger partial charge in [0.25, 0.3) is 1.43 Å². The first-order valence-electron chi connectivity index (χ1n) is 13.9. The minimum Gasteiger partial charge on any atom is -0.508 e. The quantitative estimate of drug-likeness (QED) is 0.251. The molecule has 3 aromatic carbocycles. The average molecular weight is 527 g/mol. The number of ether oxygens (including phenoxy) is 2. The van der Waals surface area contributed by atoms with Gasteiger partial charge in [0.2, 0.25) is 5.82 Å². The van der Waals surface area contributed by atoms with E-state index >= 15 is 0 Å². The lowest BCUT2D eigenvalue weighted by Gasteiger charge is -2.25. The Morgan fingerprint density at radius 3 is 2.59 bits per heavy atom. The van der Waals surface area contributed by atoms with Crippen molar-refractivity contribution in [3.8, 4) is 40.0 Å². The van der Waals surface area contributed by atoms with E-state index in [0.717, 1.165) is 52.1 Å². The van der Waals surface area contributed by atoms with Crippen molar-refractivity contribution in [2.45, 2.75) is 51.6 Å². The Hall–Kier alpha value is -4.40. The summed E-state index contributed by atoms with van der Waals surface area (Å²) in [6.07, 6.45) is 6.00. The highest BCUT2D eigenvalue weighted by molar-refractivity contribution is 5.84. The summed E-state index contributed by atoms with van der Waals surface area (Å²) in [7, 11) is 1.64. The Kier molecular flexibility index (Phi) is 6.54. The topological polar surface area (TPSA) is 100 Å². The van der Waals surface area contributed by atoms with Crippen molar-refractivity contribution < 1.29 is 14.6 Å². The van der Waals surface area contributed by atoms with Crippen LogP contribution in [0.3, 0.4) is 0 Å². The van der Waals surface area contributed by atoms with Gasteiger partial charge in [-0.3, -0.25) is 0 Å². The number of hydrogen-bond donors (Lipinski definition) is 1. The Morgan fingerprint density at radius 2 is 1.82 bits per heavy atom. The molecule has 0 aliphatic heterocycles. The average Bonchev–Trinajstić information content (AvgIpc) is 3.63. The number of aromatic nitrogens is 6. The number of rotatable bonds is 9. The van der Waals surface area contributed by atoms with Crippen LogP contribution >= 0.6 is 0 Å². The van der Waals surface area contributed by atoms with E-state index in [4.69, 9.17) is 15.9 Å². The van der Waals surface area contributed by atoms with E-state index in [9.17, 15) is 0 Å². The maximum absolute atomic E-state index is 7.17. The van der Waals surface area contributed by atoms with Crippen LogP contribution in [0.5, 0.6) is 17.2 Å². The third-order valence-corrected chi connectivity index (χ3v) is 7.33. The molecule has 0 atom stereocenters. The number of phenolic OH excluding ortho intramolecular Hbond substituents is 1. The van der Waals surface area contributed by atoms with E-state index in [1.54, 1.807) is 24.0 Å². The number of nitrogens with zero attached hydrogens (tertiary/aromatic N) is 6. The van der Waals surface area contributed by atoms with Gasteiger partial charge in [0.05, 0.1) is 31.3 Å². The SMILES string of the molecule is [3H]Oc1ccc(-c2nc3cc(-c4nnn(Cc5ccc(OCC)cc5OC)n4)ccc3n2C2CCCCC2)cc1. The second-order valence-corrected chi connectivity index (χ2v) is 9.88. The van der Waals surface area contributed by atoms with E-state index in [-0.39, 0.29) is 0 Å². The fourth-order valence-electron chi connectivity index (χ4n) is 5.44. The molecular formula is C30H32N6O3. The van der Waals surface area contributed by atoms with Gasteiger partial charge in [-0.1, -0.05) is 19.3 Å². The molecule has 1 N–H and O–H groups in total. The Balaban J connectivity index is 1.33. The van der Waals surface area contributed by atoms with Crippen molar-refractivity contribution >= 4 is 11.0 Å². The number of methoxy groups -OCH3 is 1. The maximum atomic E-state index is 7.17. The van der Waals surface area contributed by atoms with Crippen LogP contribution in [0.1, 0.15) is 50.6 Å². The molecule has 0 amide bonds. The zero-order valence-corrected chi connectivity index (χ0v) is 22.2. The Labute approximate surface area is 228 Å². The van der Waals surface area contributed by atoms with Crippen molar-refractivity contribution in [1.29, 1.82) is 1.43 Å². The molecule has 0 spiro atoms. The molecule has 0 bridgehead atoms. The fraction of sp³-hybridized carbons (Fsp3) is 0.333. The van der Waals surface area contributed by atoms with Gasteiger partial charge in [-0.05, 0) is 79.6 Å². The molecule has 1 aliphatic carbocycles. The molecule has 5 aromatic rings. The molecule has 9 nitrogen and oxygen atoms in total. The molecule has 0 saturated heterocycles. The van der Waals surface area contributed by atoms with Crippen molar-refractivity contribution in [2.24, 2.45) is 0 Å². The lowest BCUT2D eigenvalue weighted by atomic mass is 9.95. The molecule has 0 radical (unpaired) electrons. The summed E-state index contributed by atoms with van der Waals surface area (Å²) in [5.74, 6) is 3.45. The summed E-state index contributed by atoms with van der Waals surface area (Å²) in [4.78, 5) is 6.65. The lowest BCUT2D eigenvalue weighted by Crippen LogP contribution is -2.13. The number of benzene rings is 3. The van der Waals surface area contributed by atoms with Gasteiger partial charge in [0.1, 0.15) is 23.1 Å². The first-order valence-corrected chi connectivity index (χ1v) is 13.5. The lowest BCUT2D eigenvalue weighted by molar-refractivity contribution is 0.335. The molecule has 39 heavy (non-hydrogen) atoms. The van der Waals surface area contributed by atoms with Crippen molar-refractivity contribution in [3.63, 3.8) is 0 Å². The largest absolute Gasteiger partial charge is 0.508 e. The monoisotopic (exact) mass is 526 g/mol. The number of aromatic hydroxyl groups is 1. The van der Waals surface area contributed by atoms with Crippen LogP contribution in [0, 0.1) is 0 Å². The minimum atomic E-state index is 0.398. The number of tetrazole rings is 1. The van der Waals surface area contributed by atoms with E-state index < -0.39 is 0 Å². The van der Waals surface area contributed by atoms with Gasteiger partial charge in [-0.25, -0.2) is 4.98 Å². The van der Waals surface area contributed by atoms with E-state index in [0.29, 0.717) is 36.5 Å². The Bertz CT molecular complexity index is 1610. The van der Waals surface area contributed by atoms with E-state index in [1.807, 2.05) is 49.4 Å². The van der Waals surface area contributed by atoms with Crippen LogP contribution in [0.25, 0.3) is 33.8 Å². The molecule has 1 saturated carbocycles. The first kappa shape index (κ1) is 23.7. The maximum Gasteiger partial charge on any atom is 0.293 e. The predicted molar refractivity (Wildman–Crippen MR) is 149 cm³/mol. The van der Waals surface area contributed by atoms with Crippen LogP contribution in [-0.2, 0) is 6.54 Å². The summed E-state index contributed by atoms with van der Waals surface area (Å²) in [6, 6.07) is 19.9. The van der Waals surface area contributed by atoms with Crippen molar-refractivity contribution in [2.75, 3.05) is 13.7 Å². The number of fused-ring (bicyclic) bond motifs is 1. The summed E-state index contributed by atoms with van der Waals surface area (Å²) < 4.78 is 20.7. The highest BCUT2D eigenvalue weighted by atomic mass is 16.5. The standard InChI is InChI=1S/C30H32N6O3/c1-3-39-25-15-11-22(28(18-25)38-2)19-35-33-29(32-34-35)21-12-16-27-26(17-21)31-30(20-9-13-24(37)14-10-20)36(27)23-7-5-4-6-8-23/h9-18,23,37H,3-8,19H2,1-2H3/i/hT. The van der Waals surface area contributed by atoms with Crippen LogP contribution < -0.4 is 9.47 Å². The Morgan fingerprint density at radius 1 is 1.00 bits per heavy atom. The van der Waals surface area contributed by atoms with Crippen molar-refractivity contribution in [1.82, 2.24) is 29.8 Å². The molecule has 6 rings (SSSR count). The van der Waals surface area contributed by atoms with Crippen LogP contribution in [0.4, 0.5) is 0 Å². The normalized spacial score (nSPS) is 14.4. The van der Waals surface area contributed by atoms with Gasteiger partial charge in [0, 0.05) is 28.8 Å². The van der Waals surface area contributed by atoms with E-state index in [1.165, 1.54) is 19.3 Å². The highest BCUT2D eigenvalue weighted by Gasteiger charge is 2.23. The second kappa shape index (κ2) is 10.8. The third kappa shape index (κ3) is 5.04. The molecule has 200 valence electrons. The minimum absolute atomic E-state index is 0.398. The van der Waals surface area contributed by atoms with Gasteiger partial charge in [0.15, 0.2) is 0 Å². The number of phenols is 1. The summed E-state index contributed by atoms with van der Waals surface area (Å²) in [5, 5.41) is 17.9. The zero-order chi connectivity index (χ0) is 27.5. The van der Waals surface area contributed by atoms with Gasteiger partial charge >= 0.3 is 0 Å². The summed E-state index contributed by atoms with van der Waals surface area (Å²) >= 11 is 0. The molecule has 2 heterocycles. The fourth-order valence-corrected chi connectivity index (χ4v) is 5.44. The number of imidazole rings is 1. The van der Waals surface area contributed by atoms with Crippen LogP contribution in [0.15, 0.2) is 60.7 Å². The molecule has 2 aromatic heterocycles. The molecule has 0 unspecified atom stereocenters. The molecular weight excluding hydrogens is 492 g/mol. The molecule has 1 fully saturated rings. The summed E-state index contributed by atoms with van der Waals surface area (Å²) in [6.45, 7) is 2.96. The molecule has 9 heteroatoms. The van der Waals surface area contributed by atoms with Crippen LogP contribution in [-0.4, -0.2) is 50.0 Å². The smallest absolute Gasteiger partial charge is 0.293 e. The van der Waals surface area contributed by atoms with Crippen molar-refractivity contribution in [3.05, 3.63) is 66.2 Å². The highest BCUT2D eigenvalue weighted by Crippen LogP contribution is 2.37. The predicted octanol–water partition coefficient (Wildman–Crippen LogP) is 6.02. The first-order chi connectivity index (χ1) is 19.7. The van der Waals surface area contributed by atoms with Crippen LogP contribution in [0.2, 0.25) is 0 Å². The van der Waals surface area contributed by atoms with E-state index in [2.05, 4.69) is 31.2 Å². The third-order valence-electron chi connectivity index (χ3n) is 7.33. The zero-order valence-electron chi connectivity index (χ0n) is 23.2. The van der Waals surface area contributed by atoms with Gasteiger partial charge in [-0.15, -0.1) is 10.2 Å². The van der Waals surface area contributed by atoms with Gasteiger partial charge in [-0.2, -0.15) is 4.80 Å². The van der Waals surface area contributed by atoms with Gasteiger partial charge < -0.3 is 19.1 Å². The summed E-state index contributed by atoms with van der Waals surface area (Å²) in [5.41, 5.74) is 4.78.